The second-order valence-electron chi connectivity index (χ2n) is 9.30. The highest BCUT2D eigenvalue weighted by Gasteiger charge is 2.32. The van der Waals surface area contributed by atoms with Crippen LogP contribution in [0.5, 0.6) is 5.75 Å². The number of carbonyl (C=O) groups is 7. The number of aromatic hydroxyl groups is 1. The van der Waals surface area contributed by atoms with E-state index in [1.807, 2.05) is 5.32 Å². The normalized spacial score (nSPS) is 14.3. The third-order valence-electron chi connectivity index (χ3n) is 5.77. The molecule has 1 aromatic rings. The zero-order valence-electron chi connectivity index (χ0n) is 22.6. The van der Waals surface area contributed by atoms with Crippen LogP contribution < -0.4 is 27.0 Å². The lowest BCUT2D eigenvalue weighted by atomic mass is 10.0. The SMILES string of the molecule is C[C@@H](O)[C@H](NC(=O)[C@H](Cc1ccc(O)cc1)NC(=O)[C@H](CCC(=O)O)NC(=O)[C@@H](N)CCC(=O)O)C(=O)NCC(=O)O. The Hall–Kier alpha value is -4.77. The van der Waals surface area contributed by atoms with Crippen LogP contribution in [0.25, 0.3) is 0 Å². The van der Waals surface area contributed by atoms with Crippen molar-refractivity contribution in [1.29, 1.82) is 0 Å². The first-order chi connectivity index (χ1) is 19.6. The van der Waals surface area contributed by atoms with Crippen molar-refractivity contribution in [3.05, 3.63) is 29.8 Å². The van der Waals surface area contributed by atoms with Crippen molar-refractivity contribution in [1.82, 2.24) is 21.3 Å². The first kappa shape index (κ1) is 35.3. The maximum absolute atomic E-state index is 13.2. The molecule has 0 aromatic heterocycles. The molecule has 0 fully saturated rings. The summed E-state index contributed by atoms with van der Waals surface area (Å²) in [5.41, 5.74) is 6.10. The maximum atomic E-state index is 13.2. The molecule has 0 saturated heterocycles. The molecular formula is C25H35N5O12. The monoisotopic (exact) mass is 597 g/mol. The molecule has 0 saturated carbocycles. The summed E-state index contributed by atoms with van der Waals surface area (Å²) in [6.07, 6.45) is -3.46. The fraction of sp³-hybridized carbons (Fsp3) is 0.480. The number of phenols is 1. The Bertz CT molecular complexity index is 1140. The number of aliphatic hydroxyl groups is 1. The van der Waals surface area contributed by atoms with E-state index >= 15 is 0 Å². The van der Waals surface area contributed by atoms with Gasteiger partial charge in [-0.05, 0) is 37.5 Å². The predicted molar refractivity (Wildman–Crippen MR) is 142 cm³/mol. The molecule has 11 N–H and O–H groups in total. The van der Waals surface area contributed by atoms with Crippen molar-refractivity contribution in [2.45, 2.75) is 69.3 Å². The molecule has 0 radical (unpaired) electrons. The van der Waals surface area contributed by atoms with E-state index < -0.39 is 97.6 Å². The van der Waals surface area contributed by atoms with E-state index in [1.54, 1.807) is 0 Å². The van der Waals surface area contributed by atoms with Gasteiger partial charge < -0.3 is 52.5 Å². The van der Waals surface area contributed by atoms with E-state index in [0.717, 1.165) is 6.92 Å². The van der Waals surface area contributed by atoms with Crippen molar-refractivity contribution in [3.63, 3.8) is 0 Å². The molecule has 1 rings (SSSR count). The van der Waals surface area contributed by atoms with Gasteiger partial charge in [-0.2, -0.15) is 0 Å². The van der Waals surface area contributed by atoms with Crippen LogP contribution in [0, 0.1) is 0 Å². The van der Waals surface area contributed by atoms with Gasteiger partial charge in [0.05, 0.1) is 12.1 Å². The average Bonchev–Trinajstić information content (AvgIpc) is 2.91. The Morgan fingerprint density at radius 3 is 1.79 bits per heavy atom. The molecule has 0 heterocycles. The summed E-state index contributed by atoms with van der Waals surface area (Å²) < 4.78 is 0. The fourth-order valence-corrected chi connectivity index (χ4v) is 3.51. The molecule has 0 aliphatic heterocycles. The number of carbonyl (C=O) groups excluding carboxylic acids is 4. The lowest BCUT2D eigenvalue weighted by molar-refractivity contribution is -0.140. The van der Waals surface area contributed by atoms with Gasteiger partial charge in [0, 0.05) is 19.3 Å². The minimum absolute atomic E-state index is 0.0938. The van der Waals surface area contributed by atoms with Crippen LogP contribution in [0.3, 0.4) is 0 Å². The zero-order chi connectivity index (χ0) is 32.0. The van der Waals surface area contributed by atoms with Crippen molar-refractivity contribution in [3.8, 4) is 5.75 Å². The molecule has 1 aromatic carbocycles. The highest BCUT2D eigenvalue weighted by Crippen LogP contribution is 2.12. The van der Waals surface area contributed by atoms with Gasteiger partial charge in [-0.25, -0.2) is 0 Å². The summed E-state index contributed by atoms with van der Waals surface area (Å²) >= 11 is 0. The molecule has 232 valence electrons. The number of aliphatic carboxylic acids is 3. The van der Waals surface area contributed by atoms with Crippen molar-refractivity contribution in [2.24, 2.45) is 5.73 Å². The number of benzene rings is 1. The van der Waals surface area contributed by atoms with Crippen molar-refractivity contribution >= 4 is 41.5 Å². The molecule has 17 nitrogen and oxygen atoms in total. The fourth-order valence-electron chi connectivity index (χ4n) is 3.51. The number of phenolic OH excluding ortho intramolecular Hbond substituents is 1. The van der Waals surface area contributed by atoms with E-state index in [-0.39, 0.29) is 18.6 Å². The number of nitrogens with one attached hydrogen (secondary N) is 4. The third-order valence-corrected chi connectivity index (χ3v) is 5.77. The first-order valence-electron chi connectivity index (χ1n) is 12.7. The molecule has 42 heavy (non-hydrogen) atoms. The Balaban J connectivity index is 3.22. The number of hydrogen-bond acceptors (Lipinski definition) is 10. The number of hydrogen-bond donors (Lipinski definition) is 10. The van der Waals surface area contributed by atoms with Crippen LogP contribution in [0.15, 0.2) is 24.3 Å². The van der Waals surface area contributed by atoms with Gasteiger partial charge in [-0.3, -0.25) is 33.6 Å². The largest absolute Gasteiger partial charge is 0.508 e. The summed E-state index contributed by atoms with van der Waals surface area (Å²) in [7, 11) is 0. The van der Waals surface area contributed by atoms with Gasteiger partial charge in [-0.15, -0.1) is 0 Å². The number of nitrogens with two attached hydrogens (primary N) is 1. The highest BCUT2D eigenvalue weighted by atomic mass is 16.4. The molecule has 0 unspecified atom stereocenters. The summed E-state index contributed by atoms with van der Waals surface area (Å²) in [5, 5.41) is 55.1. The Morgan fingerprint density at radius 1 is 0.738 bits per heavy atom. The average molecular weight is 598 g/mol. The van der Waals surface area contributed by atoms with Gasteiger partial charge >= 0.3 is 17.9 Å². The molecular weight excluding hydrogens is 562 g/mol. The Labute approximate surface area is 239 Å². The Morgan fingerprint density at radius 2 is 1.26 bits per heavy atom. The molecule has 5 atom stereocenters. The summed E-state index contributed by atoms with van der Waals surface area (Å²) in [4.78, 5) is 84.0. The zero-order valence-corrected chi connectivity index (χ0v) is 22.6. The van der Waals surface area contributed by atoms with Crippen LogP contribution in [-0.2, 0) is 40.0 Å². The summed E-state index contributed by atoms with van der Waals surface area (Å²) in [6.45, 7) is 0.356. The van der Waals surface area contributed by atoms with Crippen LogP contribution in [0.4, 0.5) is 0 Å². The minimum Gasteiger partial charge on any atom is -0.508 e. The Kier molecular flexibility index (Phi) is 14.4. The lowest BCUT2D eigenvalue weighted by Gasteiger charge is -2.26. The molecule has 17 heteroatoms. The first-order valence-corrected chi connectivity index (χ1v) is 12.7. The lowest BCUT2D eigenvalue weighted by Crippen LogP contribution is -2.60. The van der Waals surface area contributed by atoms with Crippen LogP contribution in [0.1, 0.15) is 38.2 Å². The number of rotatable bonds is 18. The number of amides is 4. The van der Waals surface area contributed by atoms with Gasteiger partial charge in [0.25, 0.3) is 0 Å². The van der Waals surface area contributed by atoms with Gasteiger partial charge in [0.1, 0.15) is 30.4 Å². The summed E-state index contributed by atoms with van der Waals surface area (Å²) in [6, 6.07) is -0.514. The van der Waals surface area contributed by atoms with E-state index in [2.05, 4.69) is 16.0 Å². The molecule has 0 spiro atoms. The second kappa shape index (κ2) is 17.1. The van der Waals surface area contributed by atoms with Crippen LogP contribution in [-0.4, -0.2) is 104 Å². The minimum atomic E-state index is -1.63. The molecule has 0 bridgehead atoms. The van der Waals surface area contributed by atoms with Crippen LogP contribution >= 0.6 is 0 Å². The number of aliphatic hydroxyl groups excluding tert-OH is 1. The topological polar surface area (TPSA) is 295 Å². The number of carboxylic acids is 3. The highest BCUT2D eigenvalue weighted by molar-refractivity contribution is 5.95. The van der Waals surface area contributed by atoms with Gasteiger partial charge in [0.15, 0.2) is 0 Å². The smallest absolute Gasteiger partial charge is 0.322 e. The molecule has 0 aliphatic rings. The molecule has 4 amide bonds. The second-order valence-corrected chi connectivity index (χ2v) is 9.30. The van der Waals surface area contributed by atoms with E-state index in [1.165, 1.54) is 24.3 Å². The molecule has 0 aliphatic carbocycles. The van der Waals surface area contributed by atoms with E-state index in [9.17, 15) is 43.8 Å². The standard InChI is InChI=1S/C25H35N5O12/c1-12(31)21(25(42)27-11-20(37)38)30-24(41)17(10-13-2-4-14(32)5-3-13)29-23(40)16(7-9-19(35)36)28-22(39)15(26)6-8-18(33)34/h2-5,12,15-17,21,31-32H,6-11,26H2,1H3,(H,27,42)(H,28,39)(H,29,40)(H,30,41)(H,33,34)(H,35,36)(H,37,38)/t12-,15+,16+,17+,21+/m1/s1. The number of carboxylic acid groups (broad SMARTS) is 3. The predicted octanol–water partition coefficient (Wildman–Crippen LogP) is -2.97. The van der Waals surface area contributed by atoms with Crippen molar-refractivity contribution in [2.75, 3.05) is 6.54 Å². The third kappa shape index (κ3) is 13.1. The van der Waals surface area contributed by atoms with E-state index in [4.69, 9.17) is 21.1 Å². The maximum Gasteiger partial charge on any atom is 0.322 e. The summed E-state index contributed by atoms with van der Waals surface area (Å²) in [5.74, 6) is -7.98. The van der Waals surface area contributed by atoms with E-state index in [0.29, 0.717) is 5.56 Å². The van der Waals surface area contributed by atoms with Crippen LogP contribution in [0.2, 0.25) is 0 Å². The van der Waals surface area contributed by atoms with Gasteiger partial charge in [-0.1, -0.05) is 12.1 Å². The van der Waals surface area contributed by atoms with Crippen molar-refractivity contribution < 1.29 is 59.1 Å². The van der Waals surface area contributed by atoms with Gasteiger partial charge in [0.2, 0.25) is 23.6 Å². The quantitative estimate of drug-likeness (QED) is 0.0809.